The SMILES string of the molecule is Cc1c(N)ccc(F)c1-c1c(Cl)c2c3c(ncnc3c1F)N1CCN(C(=O)OC(C)(C)C)C[C@H]1CO2. The molecule has 2 aliphatic heterocycles. The molecule has 190 valence electrons. The van der Waals surface area contributed by atoms with Crippen LogP contribution >= 0.6 is 11.6 Å². The monoisotopic (exact) mass is 517 g/mol. The van der Waals surface area contributed by atoms with Gasteiger partial charge in [-0.3, -0.25) is 0 Å². The summed E-state index contributed by atoms with van der Waals surface area (Å²) >= 11 is 6.72. The van der Waals surface area contributed by atoms with E-state index in [1.807, 2.05) is 25.7 Å². The average molecular weight is 518 g/mol. The van der Waals surface area contributed by atoms with Crippen LogP contribution in [0.3, 0.4) is 0 Å². The van der Waals surface area contributed by atoms with E-state index in [1.54, 1.807) is 11.8 Å². The third-order valence-corrected chi connectivity index (χ3v) is 6.79. The van der Waals surface area contributed by atoms with Crippen LogP contribution in [0.4, 0.5) is 25.1 Å². The van der Waals surface area contributed by atoms with Crippen LogP contribution in [-0.4, -0.2) is 58.8 Å². The van der Waals surface area contributed by atoms with Gasteiger partial charge in [0.1, 0.15) is 35.7 Å². The summed E-state index contributed by atoms with van der Waals surface area (Å²) in [5.74, 6) is -0.844. The Labute approximate surface area is 211 Å². The molecule has 36 heavy (non-hydrogen) atoms. The van der Waals surface area contributed by atoms with Crippen LogP contribution in [0.1, 0.15) is 26.3 Å². The minimum absolute atomic E-state index is 0.0363. The third-order valence-electron chi connectivity index (χ3n) is 6.43. The first-order chi connectivity index (χ1) is 17.0. The van der Waals surface area contributed by atoms with Crippen molar-refractivity contribution < 1.29 is 23.0 Å². The quantitative estimate of drug-likeness (QED) is 0.457. The zero-order valence-electron chi connectivity index (χ0n) is 20.4. The van der Waals surface area contributed by atoms with E-state index in [4.69, 9.17) is 26.8 Å². The fourth-order valence-corrected chi connectivity index (χ4v) is 5.04. The van der Waals surface area contributed by atoms with E-state index in [9.17, 15) is 9.18 Å². The van der Waals surface area contributed by atoms with Crippen LogP contribution in [0.2, 0.25) is 5.02 Å². The Kier molecular flexibility index (Phi) is 5.82. The fourth-order valence-electron chi connectivity index (χ4n) is 4.71. The summed E-state index contributed by atoms with van der Waals surface area (Å²) in [5, 5.41) is 0.214. The van der Waals surface area contributed by atoms with E-state index < -0.39 is 23.3 Å². The number of hydrogen-bond donors (Lipinski definition) is 1. The normalized spacial score (nSPS) is 17.5. The van der Waals surface area contributed by atoms with Crippen molar-refractivity contribution in [1.82, 2.24) is 14.9 Å². The molecule has 1 fully saturated rings. The molecule has 3 heterocycles. The molecule has 2 aliphatic rings. The van der Waals surface area contributed by atoms with Crippen molar-refractivity contribution in [3.8, 4) is 16.9 Å². The number of nitrogens with zero attached hydrogens (tertiary/aromatic N) is 4. The number of rotatable bonds is 1. The highest BCUT2D eigenvalue weighted by atomic mass is 35.5. The predicted molar refractivity (Wildman–Crippen MR) is 133 cm³/mol. The lowest BCUT2D eigenvalue weighted by atomic mass is 9.96. The Balaban J connectivity index is 1.62. The molecule has 0 spiro atoms. The molecule has 1 atom stereocenters. The molecule has 0 aliphatic carbocycles. The predicted octanol–water partition coefficient (Wildman–Crippen LogP) is 4.94. The van der Waals surface area contributed by atoms with Gasteiger partial charge in [-0.1, -0.05) is 11.6 Å². The van der Waals surface area contributed by atoms with Gasteiger partial charge in [0.25, 0.3) is 0 Å². The second-order valence-corrected chi connectivity index (χ2v) is 10.4. The lowest BCUT2D eigenvalue weighted by Gasteiger charge is -2.41. The lowest BCUT2D eigenvalue weighted by Crippen LogP contribution is -2.57. The molecule has 5 rings (SSSR count). The number of aromatic nitrogens is 2. The van der Waals surface area contributed by atoms with Gasteiger partial charge in [0.15, 0.2) is 11.6 Å². The zero-order valence-corrected chi connectivity index (χ0v) is 21.1. The number of halogens is 3. The number of piperazine rings is 1. The number of nitrogens with two attached hydrogens (primary N) is 1. The second kappa shape index (κ2) is 8.62. The maximum atomic E-state index is 16.0. The molecule has 1 aromatic heterocycles. The molecule has 11 heteroatoms. The van der Waals surface area contributed by atoms with Gasteiger partial charge >= 0.3 is 6.09 Å². The van der Waals surface area contributed by atoms with Gasteiger partial charge in [0.2, 0.25) is 0 Å². The van der Waals surface area contributed by atoms with E-state index in [0.717, 1.165) is 0 Å². The van der Waals surface area contributed by atoms with Crippen LogP contribution in [0.5, 0.6) is 5.75 Å². The topological polar surface area (TPSA) is 93.8 Å². The number of anilines is 2. The summed E-state index contributed by atoms with van der Waals surface area (Å²) in [7, 11) is 0. The van der Waals surface area contributed by atoms with Gasteiger partial charge < -0.3 is 25.0 Å². The van der Waals surface area contributed by atoms with E-state index >= 15 is 4.39 Å². The molecule has 0 radical (unpaired) electrons. The van der Waals surface area contributed by atoms with Crippen LogP contribution in [0.25, 0.3) is 22.0 Å². The first-order valence-electron chi connectivity index (χ1n) is 11.6. The smallest absolute Gasteiger partial charge is 0.410 e. The van der Waals surface area contributed by atoms with Crippen molar-refractivity contribution in [2.45, 2.75) is 39.3 Å². The Bertz CT molecular complexity index is 1390. The number of amides is 1. The Hall–Kier alpha value is -3.40. The number of nitrogen functional groups attached to an aromatic ring is 1. The van der Waals surface area contributed by atoms with E-state index in [-0.39, 0.29) is 40.1 Å². The average Bonchev–Trinajstić information content (AvgIpc) is 2.98. The largest absolute Gasteiger partial charge is 0.489 e. The van der Waals surface area contributed by atoms with Gasteiger partial charge in [-0.2, -0.15) is 0 Å². The van der Waals surface area contributed by atoms with Gasteiger partial charge in [-0.15, -0.1) is 0 Å². The van der Waals surface area contributed by atoms with Crippen molar-refractivity contribution in [2.24, 2.45) is 0 Å². The zero-order chi connectivity index (χ0) is 25.9. The highest BCUT2D eigenvalue weighted by Crippen LogP contribution is 2.49. The molecule has 0 bridgehead atoms. The highest BCUT2D eigenvalue weighted by Gasteiger charge is 2.38. The number of hydrogen-bond acceptors (Lipinski definition) is 7. The first kappa shape index (κ1) is 24.3. The second-order valence-electron chi connectivity index (χ2n) is 9.97. The summed E-state index contributed by atoms with van der Waals surface area (Å²) in [6, 6.07) is 2.29. The minimum atomic E-state index is -0.788. The maximum Gasteiger partial charge on any atom is 0.410 e. The van der Waals surface area contributed by atoms with Gasteiger partial charge in [0, 0.05) is 36.4 Å². The molecule has 0 saturated carbocycles. The molecule has 1 saturated heterocycles. The van der Waals surface area contributed by atoms with Gasteiger partial charge in [-0.25, -0.2) is 23.5 Å². The van der Waals surface area contributed by atoms with Crippen LogP contribution in [0.15, 0.2) is 18.5 Å². The van der Waals surface area contributed by atoms with Crippen molar-refractivity contribution in [1.29, 1.82) is 0 Å². The molecule has 3 aromatic rings. The molecule has 8 nitrogen and oxygen atoms in total. The minimum Gasteiger partial charge on any atom is -0.489 e. The maximum absolute atomic E-state index is 16.0. The Morgan fingerprint density at radius 1 is 1.22 bits per heavy atom. The standard InChI is InChI=1S/C25H26ClF2N5O3/c1-12-15(29)6-5-14(27)16(12)17-19(26)22-18-21(20(17)28)30-11-31-23(18)33-8-7-32(9-13(33)10-35-22)24(34)36-25(2,3)4/h5-6,11,13H,7-10,29H2,1-4H3/t13-/m0/s1. The summed E-state index contributed by atoms with van der Waals surface area (Å²) in [5.41, 5.74) is 5.78. The summed E-state index contributed by atoms with van der Waals surface area (Å²) < 4.78 is 42.6. The molecule has 0 unspecified atom stereocenters. The number of carbonyl (C=O) groups excluding carboxylic acids is 1. The Morgan fingerprint density at radius 3 is 2.69 bits per heavy atom. The summed E-state index contributed by atoms with van der Waals surface area (Å²) in [6.45, 7) is 8.27. The van der Waals surface area contributed by atoms with Crippen molar-refractivity contribution >= 4 is 40.1 Å². The van der Waals surface area contributed by atoms with E-state index in [0.29, 0.717) is 42.1 Å². The van der Waals surface area contributed by atoms with Crippen molar-refractivity contribution in [3.05, 3.63) is 40.7 Å². The highest BCUT2D eigenvalue weighted by molar-refractivity contribution is 6.36. The Morgan fingerprint density at radius 2 is 1.97 bits per heavy atom. The number of fused-ring (bicyclic) bond motifs is 2. The van der Waals surface area contributed by atoms with E-state index in [1.165, 1.54) is 18.5 Å². The number of ether oxygens (including phenoxy) is 2. The number of carbonyl (C=O) groups is 1. The lowest BCUT2D eigenvalue weighted by molar-refractivity contribution is 0.0202. The third kappa shape index (κ3) is 3.93. The van der Waals surface area contributed by atoms with Crippen LogP contribution in [0, 0.1) is 18.6 Å². The molecular weight excluding hydrogens is 492 g/mol. The molecular formula is C25H26ClF2N5O3. The van der Waals surface area contributed by atoms with Crippen LogP contribution in [-0.2, 0) is 4.74 Å². The summed E-state index contributed by atoms with van der Waals surface area (Å²) in [4.78, 5) is 24.8. The van der Waals surface area contributed by atoms with Gasteiger partial charge in [-0.05, 0) is 45.4 Å². The van der Waals surface area contributed by atoms with Crippen molar-refractivity contribution in [2.75, 3.05) is 36.9 Å². The fraction of sp³-hybridized carbons (Fsp3) is 0.400. The van der Waals surface area contributed by atoms with Crippen molar-refractivity contribution in [3.63, 3.8) is 0 Å². The summed E-state index contributed by atoms with van der Waals surface area (Å²) in [6.07, 6.45) is 0.837. The number of benzene rings is 2. The first-order valence-corrected chi connectivity index (χ1v) is 11.9. The molecule has 2 N–H and O–H groups in total. The van der Waals surface area contributed by atoms with Gasteiger partial charge in [0.05, 0.1) is 16.5 Å². The molecule has 1 amide bonds. The van der Waals surface area contributed by atoms with Crippen LogP contribution < -0.4 is 15.4 Å². The van der Waals surface area contributed by atoms with E-state index in [2.05, 4.69) is 9.97 Å². The molecule has 2 aromatic carbocycles.